The summed E-state index contributed by atoms with van der Waals surface area (Å²) in [6.07, 6.45) is 1.63. The molecule has 0 aliphatic carbocycles. The van der Waals surface area contributed by atoms with Crippen molar-refractivity contribution in [2.45, 2.75) is 0 Å². The minimum atomic E-state index is -0.291. The average Bonchev–Trinajstić information content (AvgIpc) is 2.81. The van der Waals surface area contributed by atoms with Crippen LogP contribution in [0.15, 0.2) is 53.6 Å². The molecule has 0 atom stereocenters. The molecule has 0 saturated carbocycles. The summed E-state index contributed by atoms with van der Waals surface area (Å²) in [4.78, 5) is 4.42. The average molecular weight is 271 g/mol. The van der Waals surface area contributed by atoms with Gasteiger partial charge in [-0.1, -0.05) is 18.2 Å². The summed E-state index contributed by atoms with van der Waals surface area (Å²) in [7, 11) is 0. The summed E-state index contributed by atoms with van der Waals surface area (Å²) in [6, 6.07) is 14.1. The van der Waals surface area contributed by atoms with Gasteiger partial charge in [0.15, 0.2) is 0 Å². The number of rotatable bonds is 3. The monoisotopic (exact) mass is 271 g/mol. The van der Waals surface area contributed by atoms with Crippen LogP contribution in [0.4, 0.5) is 10.1 Å². The van der Waals surface area contributed by atoms with Gasteiger partial charge in [0.25, 0.3) is 0 Å². The van der Waals surface area contributed by atoms with Crippen molar-refractivity contribution in [3.8, 4) is 0 Å². The number of hydrogen-bond donors (Lipinski definition) is 1. The lowest BCUT2D eigenvalue weighted by Crippen LogP contribution is -1.90. The van der Waals surface area contributed by atoms with Gasteiger partial charge in [0, 0.05) is 0 Å². The standard InChI is InChI=1S/C14H10FN3S/c15-10-4-3-5-11(8-10)18-16-9-14-17-12-6-1-2-7-13(12)19-14/h1-9,18H/b16-9-. The number of hydrogen-bond acceptors (Lipinski definition) is 4. The van der Waals surface area contributed by atoms with E-state index in [2.05, 4.69) is 15.5 Å². The Balaban J connectivity index is 1.75. The molecular weight excluding hydrogens is 261 g/mol. The number of benzene rings is 2. The first-order valence-electron chi connectivity index (χ1n) is 5.71. The third-order valence-electron chi connectivity index (χ3n) is 2.50. The minimum Gasteiger partial charge on any atom is -0.278 e. The fraction of sp³-hybridized carbons (Fsp3) is 0. The molecule has 0 spiro atoms. The molecule has 0 saturated heterocycles. The van der Waals surface area contributed by atoms with Gasteiger partial charge in [-0.3, -0.25) is 5.43 Å². The predicted molar refractivity (Wildman–Crippen MR) is 77.2 cm³/mol. The zero-order valence-electron chi connectivity index (χ0n) is 9.88. The van der Waals surface area contributed by atoms with Gasteiger partial charge < -0.3 is 0 Å². The molecule has 1 aromatic heterocycles. The number of anilines is 1. The highest BCUT2D eigenvalue weighted by molar-refractivity contribution is 7.20. The van der Waals surface area contributed by atoms with Crippen LogP contribution in [-0.4, -0.2) is 11.2 Å². The van der Waals surface area contributed by atoms with E-state index in [4.69, 9.17) is 0 Å². The SMILES string of the molecule is Fc1cccc(N/N=C\c2nc3ccccc3s2)c1. The summed E-state index contributed by atoms with van der Waals surface area (Å²) >= 11 is 1.56. The highest BCUT2D eigenvalue weighted by atomic mass is 32.1. The van der Waals surface area contributed by atoms with Gasteiger partial charge in [-0.05, 0) is 30.3 Å². The second-order valence-corrected chi connectivity index (χ2v) is 4.96. The van der Waals surface area contributed by atoms with E-state index < -0.39 is 0 Å². The van der Waals surface area contributed by atoms with E-state index in [0.29, 0.717) is 5.69 Å². The quantitative estimate of drug-likeness (QED) is 0.580. The number of aromatic nitrogens is 1. The maximum Gasteiger partial charge on any atom is 0.137 e. The highest BCUT2D eigenvalue weighted by Gasteiger charge is 1.99. The zero-order valence-corrected chi connectivity index (χ0v) is 10.7. The Morgan fingerprint density at radius 2 is 2.05 bits per heavy atom. The Hall–Kier alpha value is -2.27. The van der Waals surface area contributed by atoms with Crippen molar-refractivity contribution in [2.75, 3.05) is 5.43 Å². The van der Waals surface area contributed by atoms with E-state index in [1.165, 1.54) is 12.1 Å². The smallest absolute Gasteiger partial charge is 0.137 e. The molecule has 94 valence electrons. The van der Waals surface area contributed by atoms with E-state index in [1.807, 2.05) is 24.3 Å². The van der Waals surface area contributed by atoms with E-state index in [0.717, 1.165) is 15.2 Å². The molecule has 3 aromatic rings. The lowest BCUT2D eigenvalue weighted by molar-refractivity contribution is 0.628. The van der Waals surface area contributed by atoms with Gasteiger partial charge in [-0.15, -0.1) is 11.3 Å². The maximum atomic E-state index is 13.0. The van der Waals surface area contributed by atoms with Crippen LogP contribution in [0.5, 0.6) is 0 Å². The maximum absolute atomic E-state index is 13.0. The first-order chi connectivity index (χ1) is 9.31. The summed E-state index contributed by atoms with van der Waals surface area (Å²) in [5.74, 6) is -0.291. The van der Waals surface area contributed by atoms with Crippen molar-refractivity contribution in [1.82, 2.24) is 4.98 Å². The Kier molecular flexibility index (Phi) is 3.20. The first kappa shape index (κ1) is 11.8. The van der Waals surface area contributed by atoms with E-state index >= 15 is 0 Å². The van der Waals surface area contributed by atoms with E-state index in [1.54, 1.807) is 29.7 Å². The molecule has 5 heteroatoms. The Morgan fingerprint density at radius 3 is 2.89 bits per heavy atom. The Morgan fingerprint density at radius 1 is 1.16 bits per heavy atom. The summed E-state index contributed by atoms with van der Waals surface area (Å²) < 4.78 is 14.1. The van der Waals surface area contributed by atoms with Crippen LogP contribution in [0.2, 0.25) is 0 Å². The zero-order chi connectivity index (χ0) is 13.1. The van der Waals surface area contributed by atoms with Gasteiger partial charge in [0.05, 0.1) is 22.1 Å². The van der Waals surface area contributed by atoms with Crippen LogP contribution in [0.1, 0.15) is 5.01 Å². The summed E-state index contributed by atoms with van der Waals surface area (Å²) in [5, 5.41) is 4.86. The lowest BCUT2D eigenvalue weighted by atomic mass is 10.3. The molecule has 0 aliphatic heterocycles. The fourth-order valence-electron chi connectivity index (χ4n) is 1.67. The van der Waals surface area contributed by atoms with Crippen LogP contribution in [0, 0.1) is 5.82 Å². The van der Waals surface area contributed by atoms with Crippen molar-refractivity contribution >= 4 is 33.5 Å². The third-order valence-corrected chi connectivity index (χ3v) is 3.47. The molecule has 0 bridgehead atoms. The first-order valence-corrected chi connectivity index (χ1v) is 6.53. The molecule has 19 heavy (non-hydrogen) atoms. The van der Waals surface area contributed by atoms with Crippen LogP contribution in [0.25, 0.3) is 10.2 Å². The number of fused-ring (bicyclic) bond motifs is 1. The van der Waals surface area contributed by atoms with Crippen LogP contribution in [0.3, 0.4) is 0 Å². The molecule has 0 unspecified atom stereocenters. The molecule has 2 aromatic carbocycles. The Labute approximate surface area is 113 Å². The molecule has 0 radical (unpaired) electrons. The van der Waals surface area contributed by atoms with Crippen molar-refractivity contribution < 1.29 is 4.39 Å². The molecule has 1 heterocycles. The minimum absolute atomic E-state index is 0.291. The van der Waals surface area contributed by atoms with Crippen LogP contribution >= 0.6 is 11.3 Å². The van der Waals surface area contributed by atoms with Gasteiger partial charge in [0.1, 0.15) is 10.8 Å². The topological polar surface area (TPSA) is 37.3 Å². The largest absolute Gasteiger partial charge is 0.278 e. The number of para-hydroxylation sites is 1. The van der Waals surface area contributed by atoms with E-state index in [9.17, 15) is 4.39 Å². The Bertz CT molecular complexity index is 703. The number of hydrazone groups is 1. The molecule has 0 aliphatic rings. The van der Waals surface area contributed by atoms with Gasteiger partial charge in [-0.2, -0.15) is 5.10 Å². The van der Waals surface area contributed by atoms with Crippen molar-refractivity contribution in [1.29, 1.82) is 0 Å². The number of nitrogens with zero attached hydrogens (tertiary/aromatic N) is 2. The second-order valence-electron chi connectivity index (χ2n) is 3.90. The number of nitrogens with one attached hydrogen (secondary N) is 1. The summed E-state index contributed by atoms with van der Waals surface area (Å²) in [6.45, 7) is 0. The molecule has 1 N–H and O–H groups in total. The molecule has 0 fully saturated rings. The molecule has 3 rings (SSSR count). The number of thiazole rings is 1. The van der Waals surface area contributed by atoms with Crippen molar-refractivity contribution in [3.05, 3.63) is 59.4 Å². The molecular formula is C14H10FN3S. The molecule has 3 nitrogen and oxygen atoms in total. The van der Waals surface area contributed by atoms with Crippen LogP contribution in [-0.2, 0) is 0 Å². The second kappa shape index (κ2) is 5.16. The van der Waals surface area contributed by atoms with Gasteiger partial charge in [-0.25, -0.2) is 9.37 Å². The van der Waals surface area contributed by atoms with Crippen molar-refractivity contribution in [3.63, 3.8) is 0 Å². The lowest BCUT2D eigenvalue weighted by Gasteiger charge is -1.98. The highest BCUT2D eigenvalue weighted by Crippen LogP contribution is 2.20. The van der Waals surface area contributed by atoms with Gasteiger partial charge in [0.2, 0.25) is 0 Å². The van der Waals surface area contributed by atoms with Gasteiger partial charge >= 0.3 is 0 Å². The predicted octanol–water partition coefficient (Wildman–Crippen LogP) is 3.88. The van der Waals surface area contributed by atoms with Crippen LogP contribution < -0.4 is 5.43 Å². The molecule has 0 amide bonds. The van der Waals surface area contributed by atoms with E-state index in [-0.39, 0.29) is 5.82 Å². The summed E-state index contributed by atoms with van der Waals surface area (Å²) in [5.41, 5.74) is 4.34. The van der Waals surface area contributed by atoms with Crippen molar-refractivity contribution in [2.24, 2.45) is 5.10 Å². The third kappa shape index (κ3) is 2.77. The normalized spacial score (nSPS) is 11.2. The number of halogens is 1. The fourth-order valence-corrected chi connectivity index (χ4v) is 2.50.